The maximum Gasteiger partial charge on any atom is 0.472 e. The Kier molecular flexibility index (Phi) is 47.7. The zero-order valence-corrected chi connectivity index (χ0v) is 45.7. The second-order valence-corrected chi connectivity index (χ2v) is 20.7. The molecule has 0 rings (SSSR count). The maximum atomic E-state index is 12.8. The van der Waals surface area contributed by atoms with Crippen LogP contribution in [0, 0.1) is 0 Å². The fourth-order valence-electron chi connectivity index (χ4n) is 7.11. The molecule has 0 heterocycles. The van der Waals surface area contributed by atoms with Crippen LogP contribution in [0.2, 0.25) is 0 Å². The number of quaternary nitrogens is 1. The number of phosphoric acid groups is 1. The lowest BCUT2D eigenvalue weighted by molar-refractivity contribution is -0.870. The number of likely N-dealkylation sites (N-methyl/N-ethyl adjacent to an activating group) is 1. The first-order valence-electron chi connectivity index (χ1n) is 27.5. The van der Waals surface area contributed by atoms with E-state index in [1.165, 1.54) is 70.6 Å². The minimum absolute atomic E-state index is 0.0219. The number of esters is 2. The van der Waals surface area contributed by atoms with Gasteiger partial charge in [0.05, 0.1) is 27.7 Å². The third kappa shape index (κ3) is 54.1. The van der Waals surface area contributed by atoms with Crippen LogP contribution < -0.4 is 0 Å². The second-order valence-electron chi connectivity index (χ2n) is 19.2. The molecule has 0 saturated heterocycles. The van der Waals surface area contributed by atoms with Crippen LogP contribution in [-0.4, -0.2) is 74.9 Å². The Morgan fingerprint density at radius 3 is 1.25 bits per heavy atom. The lowest BCUT2D eigenvalue weighted by atomic mass is 10.1. The Morgan fingerprint density at radius 1 is 0.464 bits per heavy atom. The average molecular weight is 985 g/mol. The monoisotopic (exact) mass is 985 g/mol. The van der Waals surface area contributed by atoms with Crippen molar-refractivity contribution in [3.63, 3.8) is 0 Å². The van der Waals surface area contributed by atoms with Crippen LogP contribution in [0.4, 0.5) is 0 Å². The van der Waals surface area contributed by atoms with Crippen molar-refractivity contribution in [2.24, 2.45) is 0 Å². The van der Waals surface area contributed by atoms with Gasteiger partial charge in [-0.1, -0.05) is 201 Å². The van der Waals surface area contributed by atoms with Crippen molar-refractivity contribution in [1.29, 1.82) is 0 Å². The summed E-state index contributed by atoms with van der Waals surface area (Å²) in [6, 6.07) is 0. The van der Waals surface area contributed by atoms with Gasteiger partial charge in [0.2, 0.25) is 0 Å². The number of nitrogens with zero attached hydrogens (tertiary/aromatic N) is 1. The highest BCUT2D eigenvalue weighted by atomic mass is 31.2. The van der Waals surface area contributed by atoms with Crippen LogP contribution >= 0.6 is 7.82 Å². The van der Waals surface area contributed by atoms with E-state index in [0.29, 0.717) is 17.4 Å². The highest BCUT2D eigenvalue weighted by Gasteiger charge is 2.27. The van der Waals surface area contributed by atoms with Gasteiger partial charge in [0.25, 0.3) is 0 Å². The summed E-state index contributed by atoms with van der Waals surface area (Å²) in [5, 5.41) is 0. The number of allylic oxidation sites excluding steroid dienone is 16. The predicted molar refractivity (Wildman–Crippen MR) is 293 cm³/mol. The highest BCUT2D eigenvalue weighted by molar-refractivity contribution is 7.47. The van der Waals surface area contributed by atoms with Crippen molar-refractivity contribution in [1.82, 2.24) is 0 Å². The quantitative estimate of drug-likeness (QED) is 0.0211. The number of ether oxygens (including phenoxy) is 2. The van der Waals surface area contributed by atoms with Crippen molar-refractivity contribution in [3.05, 3.63) is 97.2 Å². The molecule has 0 aromatic rings. The zero-order valence-electron chi connectivity index (χ0n) is 44.8. The van der Waals surface area contributed by atoms with Gasteiger partial charge in [0.1, 0.15) is 19.8 Å². The number of carbonyl (C=O) groups is 2. The van der Waals surface area contributed by atoms with Gasteiger partial charge >= 0.3 is 19.8 Å². The van der Waals surface area contributed by atoms with E-state index in [9.17, 15) is 19.0 Å². The predicted octanol–water partition coefficient (Wildman–Crippen LogP) is 16.9. The van der Waals surface area contributed by atoms with Crippen LogP contribution in [0.25, 0.3) is 0 Å². The average Bonchev–Trinajstić information content (AvgIpc) is 3.31. The first-order chi connectivity index (χ1) is 33.5. The standard InChI is InChI=1S/C59H102NO8P/c1-6-8-10-12-14-16-18-20-22-24-26-27-28-29-30-31-32-33-34-36-38-40-42-44-46-48-50-52-59(62)68-57(56-67-69(63,64)66-54-53-60(3,4)5)55-65-58(61)51-49-47-45-43-41-39-37-35-25-23-21-19-17-15-13-11-9-7-2/h8,10,14,16,20,22-23,25-27,29-30,32-33,36,38,57H,6-7,9,11-13,15,17-19,21,24,28,31,34-35,37,39-56H2,1-5H3/p+1/b10-8-,16-14-,22-20-,25-23-,27-26-,30-29-,33-32-,38-36-. The number of unbranched alkanes of at least 4 members (excludes halogenated alkanes) is 19. The van der Waals surface area contributed by atoms with Crippen molar-refractivity contribution in [3.8, 4) is 0 Å². The normalized spacial score (nSPS) is 14.1. The van der Waals surface area contributed by atoms with E-state index in [1.807, 2.05) is 21.1 Å². The number of phosphoric ester groups is 1. The SMILES string of the molecule is CC/C=C\C/C=C\C/C=C\C/C=C\C/C=C\C/C=C\C/C=C\CCCCCCCC(=O)OC(COC(=O)CCCCCCCCC/C=C\CCCCCCCCC)COP(=O)(O)OCC[N+](C)(C)C. The Bertz CT molecular complexity index is 1490. The first kappa shape index (κ1) is 65.9. The number of hydrogen-bond donors (Lipinski definition) is 1. The van der Waals surface area contributed by atoms with Crippen molar-refractivity contribution < 1.29 is 42.1 Å². The molecule has 0 aliphatic carbocycles. The van der Waals surface area contributed by atoms with E-state index in [4.69, 9.17) is 18.5 Å². The maximum absolute atomic E-state index is 12.8. The molecular formula is C59H103NO8P+. The zero-order chi connectivity index (χ0) is 50.6. The number of carbonyl (C=O) groups excluding carboxylic acids is 2. The molecule has 10 heteroatoms. The molecule has 0 aromatic heterocycles. The Labute approximate surface area is 423 Å². The topological polar surface area (TPSA) is 108 Å². The summed E-state index contributed by atoms with van der Waals surface area (Å²) in [6.07, 6.45) is 67.5. The fraction of sp³-hybridized carbons (Fsp3) is 0.695. The molecule has 0 saturated carbocycles. The van der Waals surface area contributed by atoms with Crippen molar-refractivity contribution in [2.75, 3.05) is 47.5 Å². The molecule has 9 nitrogen and oxygen atoms in total. The third-order valence-electron chi connectivity index (χ3n) is 11.3. The van der Waals surface area contributed by atoms with E-state index >= 15 is 0 Å². The molecule has 2 atom stereocenters. The fourth-order valence-corrected chi connectivity index (χ4v) is 7.85. The Hall–Kier alpha value is -3.07. The highest BCUT2D eigenvalue weighted by Crippen LogP contribution is 2.43. The summed E-state index contributed by atoms with van der Waals surface area (Å²) in [6.45, 7) is 4.28. The molecule has 0 aliphatic heterocycles. The van der Waals surface area contributed by atoms with Crippen LogP contribution in [0.3, 0.4) is 0 Å². The summed E-state index contributed by atoms with van der Waals surface area (Å²) in [5.41, 5.74) is 0. The minimum Gasteiger partial charge on any atom is -0.462 e. The van der Waals surface area contributed by atoms with Gasteiger partial charge in [0.15, 0.2) is 6.10 Å². The van der Waals surface area contributed by atoms with Gasteiger partial charge in [-0.2, -0.15) is 0 Å². The van der Waals surface area contributed by atoms with Crippen LogP contribution in [0.15, 0.2) is 97.2 Å². The summed E-state index contributed by atoms with van der Waals surface area (Å²) in [4.78, 5) is 35.6. The molecule has 0 radical (unpaired) electrons. The molecule has 0 spiro atoms. The smallest absolute Gasteiger partial charge is 0.462 e. The van der Waals surface area contributed by atoms with E-state index in [0.717, 1.165) is 109 Å². The largest absolute Gasteiger partial charge is 0.472 e. The molecule has 0 aliphatic rings. The molecule has 0 fully saturated rings. The second kappa shape index (κ2) is 49.9. The van der Waals surface area contributed by atoms with Gasteiger partial charge in [-0.05, 0) is 96.3 Å². The number of rotatable bonds is 49. The van der Waals surface area contributed by atoms with Crippen LogP contribution in [0.5, 0.6) is 0 Å². The molecule has 69 heavy (non-hydrogen) atoms. The van der Waals surface area contributed by atoms with E-state index in [-0.39, 0.29) is 32.0 Å². The van der Waals surface area contributed by atoms with E-state index in [1.54, 1.807) is 0 Å². The molecule has 2 unspecified atom stereocenters. The van der Waals surface area contributed by atoms with Crippen LogP contribution in [0.1, 0.15) is 213 Å². The summed E-state index contributed by atoms with van der Waals surface area (Å²) >= 11 is 0. The summed E-state index contributed by atoms with van der Waals surface area (Å²) < 4.78 is 34.5. The first-order valence-corrected chi connectivity index (χ1v) is 29.0. The third-order valence-corrected chi connectivity index (χ3v) is 12.3. The molecular weight excluding hydrogens is 882 g/mol. The molecule has 1 N–H and O–H groups in total. The van der Waals surface area contributed by atoms with Gasteiger partial charge in [0, 0.05) is 12.8 Å². The van der Waals surface area contributed by atoms with E-state index in [2.05, 4.69) is 111 Å². The molecule has 0 bridgehead atoms. The van der Waals surface area contributed by atoms with Gasteiger partial charge < -0.3 is 18.9 Å². The molecule has 396 valence electrons. The Morgan fingerprint density at radius 2 is 0.826 bits per heavy atom. The Balaban J connectivity index is 4.29. The lowest BCUT2D eigenvalue weighted by Gasteiger charge is -2.24. The van der Waals surface area contributed by atoms with Gasteiger partial charge in [-0.25, -0.2) is 4.57 Å². The number of hydrogen-bond acceptors (Lipinski definition) is 7. The van der Waals surface area contributed by atoms with Crippen molar-refractivity contribution in [2.45, 2.75) is 219 Å². The van der Waals surface area contributed by atoms with Gasteiger partial charge in [-0.15, -0.1) is 0 Å². The van der Waals surface area contributed by atoms with E-state index < -0.39 is 26.5 Å². The van der Waals surface area contributed by atoms with Crippen molar-refractivity contribution >= 4 is 19.8 Å². The lowest BCUT2D eigenvalue weighted by Crippen LogP contribution is -2.37. The van der Waals surface area contributed by atoms with Gasteiger partial charge in [-0.3, -0.25) is 18.6 Å². The molecule has 0 amide bonds. The summed E-state index contributed by atoms with van der Waals surface area (Å²) in [5.74, 6) is -0.829. The van der Waals surface area contributed by atoms with Crippen LogP contribution in [-0.2, 0) is 32.7 Å². The summed E-state index contributed by atoms with van der Waals surface area (Å²) in [7, 11) is 1.45. The molecule has 0 aromatic carbocycles. The minimum atomic E-state index is -4.40.